The van der Waals surface area contributed by atoms with Crippen molar-refractivity contribution in [1.29, 1.82) is 0 Å². The Bertz CT molecular complexity index is 1280. The van der Waals surface area contributed by atoms with Crippen LogP contribution in [0.5, 0.6) is 0 Å². The molecule has 4 aromatic rings. The first-order valence-corrected chi connectivity index (χ1v) is 9.81. The molecule has 2 aromatic carbocycles. The Morgan fingerprint density at radius 2 is 2.00 bits per heavy atom. The molecule has 0 saturated heterocycles. The minimum atomic E-state index is -0.447. The van der Waals surface area contributed by atoms with E-state index in [0.29, 0.717) is 5.56 Å². The minimum Gasteiger partial charge on any atom is -0.371 e. The molecule has 0 radical (unpaired) electrons. The molecular formula is C22H23FN6. The molecule has 1 aliphatic heterocycles. The molecular weight excluding hydrogens is 367 g/mol. The summed E-state index contributed by atoms with van der Waals surface area (Å²) >= 11 is 0. The lowest BCUT2D eigenvalue weighted by Crippen LogP contribution is -2.36. The molecule has 1 N–H and O–H groups in total. The highest BCUT2D eigenvalue weighted by Crippen LogP contribution is 2.44. The summed E-state index contributed by atoms with van der Waals surface area (Å²) in [6.45, 7) is 8.10. The molecule has 29 heavy (non-hydrogen) atoms. The molecule has 3 heterocycles. The van der Waals surface area contributed by atoms with Gasteiger partial charge in [-0.2, -0.15) is 5.10 Å². The van der Waals surface area contributed by atoms with Crippen molar-refractivity contribution in [3.8, 4) is 16.8 Å². The highest BCUT2D eigenvalue weighted by molar-refractivity contribution is 5.97. The van der Waals surface area contributed by atoms with Gasteiger partial charge in [0.25, 0.3) is 0 Å². The number of aromatic nitrogens is 5. The minimum absolute atomic E-state index is 0.254. The molecule has 1 aliphatic rings. The Balaban J connectivity index is 1.86. The molecule has 0 atom stereocenters. The highest BCUT2D eigenvalue weighted by Gasteiger charge is 2.36. The number of hydrogen-bond acceptors (Lipinski definition) is 4. The summed E-state index contributed by atoms with van der Waals surface area (Å²) in [5.74, 6) is 1.45. The van der Waals surface area contributed by atoms with E-state index < -0.39 is 5.54 Å². The molecule has 0 saturated carbocycles. The van der Waals surface area contributed by atoms with Gasteiger partial charge >= 0.3 is 0 Å². The van der Waals surface area contributed by atoms with Crippen LogP contribution < -0.4 is 5.32 Å². The van der Waals surface area contributed by atoms with Crippen LogP contribution in [-0.2, 0) is 19.0 Å². The van der Waals surface area contributed by atoms with Crippen LogP contribution >= 0.6 is 0 Å². The molecule has 0 fully saturated rings. The van der Waals surface area contributed by atoms with Gasteiger partial charge in [0.15, 0.2) is 5.82 Å². The van der Waals surface area contributed by atoms with Crippen molar-refractivity contribution < 1.29 is 4.39 Å². The van der Waals surface area contributed by atoms with E-state index in [1.165, 1.54) is 0 Å². The van der Waals surface area contributed by atoms with Crippen molar-refractivity contribution in [1.82, 2.24) is 24.5 Å². The van der Waals surface area contributed by atoms with Crippen LogP contribution in [0, 0.1) is 12.7 Å². The van der Waals surface area contributed by atoms with Crippen molar-refractivity contribution >= 4 is 16.6 Å². The molecule has 5 rings (SSSR count). The smallest absolute Gasteiger partial charge is 0.162 e. The monoisotopic (exact) mass is 390 g/mol. The van der Waals surface area contributed by atoms with Gasteiger partial charge < -0.3 is 5.32 Å². The third kappa shape index (κ3) is 2.36. The average Bonchev–Trinajstić information content (AvgIpc) is 3.26. The fraction of sp³-hybridized carbons (Fsp3) is 0.318. The predicted octanol–water partition coefficient (Wildman–Crippen LogP) is 4.49. The van der Waals surface area contributed by atoms with Gasteiger partial charge in [-0.1, -0.05) is 19.1 Å². The van der Waals surface area contributed by atoms with Crippen LogP contribution in [0.3, 0.4) is 0 Å². The van der Waals surface area contributed by atoms with Crippen molar-refractivity contribution in [3.05, 3.63) is 53.5 Å². The lowest BCUT2D eigenvalue weighted by Gasteiger charge is -2.35. The van der Waals surface area contributed by atoms with Gasteiger partial charge in [0.05, 0.1) is 28.6 Å². The predicted molar refractivity (Wildman–Crippen MR) is 112 cm³/mol. The largest absolute Gasteiger partial charge is 0.371 e. The van der Waals surface area contributed by atoms with E-state index in [-0.39, 0.29) is 5.82 Å². The normalized spacial score (nSPS) is 14.6. The number of halogens is 1. The van der Waals surface area contributed by atoms with E-state index in [2.05, 4.69) is 32.1 Å². The van der Waals surface area contributed by atoms with E-state index in [1.54, 1.807) is 12.3 Å². The second-order valence-corrected chi connectivity index (χ2v) is 8.14. The Labute approximate surface area is 168 Å². The number of aryl methyl sites for hydroxylation is 2. The van der Waals surface area contributed by atoms with Crippen molar-refractivity contribution in [2.45, 2.75) is 39.7 Å². The van der Waals surface area contributed by atoms with Gasteiger partial charge in [0, 0.05) is 24.4 Å². The molecule has 0 bridgehead atoms. The summed E-state index contributed by atoms with van der Waals surface area (Å²) < 4.78 is 19.4. The van der Waals surface area contributed by atoms with Crippen LogP contribution in [0.15, 0.2) is 30.5 Å². The van der Waals surface area contributed by atoms with Crippen LogP contribution in [0.1, 0.15) is 38.0 Å². The van der Waals surface area contributed by atoms with Gasteiger partial charge in [0.2, 0.25) is 0 Å². The molecule has 0 aliphatic carbocycles. The summed E-state index contributed by atoms with van der Waals surface area (Å²) in [7, 11) is 1.89. The summed E-state index contributed by atoms with van der Waals surface area (Å²) in [4.78, 5) is 0. The number of nitrogens with zero attached hydrogens (tertiary/aromatic N) is 5. The van der Waals surface area contributed by atoms with E-state index in [0.717, 1.165) is 51.5 Å². The topological polar surface area (TPSA) is 60.6 Å². The lowest BCUT2D eigenvalue weighted by atomic mass is 9.92. The van der Waals surface area contributed by atoms with Gasteiger partial charge in [0.1, 0.15) is 11.6 Å². The quantitative estimate of drug-likeness (QED) is 0.548. The molecule has 7 heteroatoms. The summed E-state index contributed by atoms with van der Waals surface area (Å²) in [5, 5.41) is 17.6. The number of benzene rings is 2. The van der Waals surface area contributed by atoms with E-state index >= 15 is 4.39 Å². The molecule has 2 aromatic heterocycles. The molecule has 0 unspecified atom stereocenters. The zero-order chi connectivity index (χ0) is 20.5. The first-order chi connectivity index (χ1) is 13.8. The maximum absolute atomic E-state index is 15.5. The van der Waals surface area contributed by atoms with Crippen LogP contribution in [-0.4, -0.2) is 24.5 Å². The van der Waals surface area contributed by atoms with Crippen LogP contribution in [0.2, 0.25) is 0 Å². The lowest BCUT2D eigenvalue weighted by molar-refractivity contribution is 0.531. The zero-order valence-corrected chi connectivity index (χ0v) is 17.2. The van der Waals surface area contributed by atoms with E-state index in [1.807, 2.05) is 50.7 Å². The maximum Gasteiger partial charge on any atom is 0.162 e. The Hall–Kier alpha value is -3.22. The Morgan fingerprint density at radius 1 is 1.21 bits per heavy atom. The standard InChI is InChI=1S/C22H23FN6/c1-6-18-26-27-21-22(3,4)25-16-10-15(23)19(12(2)20(16)29(18)21)13-8-7-9-17-14(13)11-24-28(17)5/h7-11,25H,6H2,1-5H3. The van der Waals surface area contributed by atoms with E-state index in [9.17, 15) is 0 Å². The zero-order valence-electron chi connectivity index (χ0n) is 17.2. The summed E-state index contributed by atoms with van der Waals surface area (Å²) in [5.41, 5.74) is 4.48. The van der Waals surface area contributed by atoms with Crippen molar-refractivity contribution in [3.63, 3.8) is 0 Å². The summed E-state index contributed by atoms with van der Waals surface area (Å²) in [6, 6.07) is 7.49. The van der Waals surface area contributed by atoms with Gasteiger partial charge in [-0.05, 0) is 44.0 Å². The summed E-state index contributed by atoms with van der Waals surface area (Å²) in [6.07, 6.45) is 2.54. The van der Waals surface area contributed by atoms with Gasteiger partial charge in [-0.25, -0.2) is 4.39 Å². The molecule has 148 valence electrons. The number of rotatable bonds is 2. The average molecular weight is 390 g/mol. The number of anilines is 1. The van der Waals surface area contributed by atoms with Crippen LogP contribution in [0.25, 0.3) is 27.7 Å². The number of hydrogen-bond donors (Lipinski definition) is 1. The van der Waals surface area contributed by atoms with Crippen molar-refractivity contribution in [2.24, 2.45) is 7.05 Å². The number of fused-ring (bicyclic) bond motifs is 4. The molecule has 6 nitrogen and oxygen atoms in total. The second-order valence-electron chi connectivity index (χ2n) is 8.14. The second kappa shape index (κ2) is 5.89. The highest BCUT2D eigenvalue weighted by atomic mass is 19.1. The van der Waals surface area contributed by atoms with Gasteiger partial charge in [-0.3, -0.25) is 9.25 Å². The first-order valence-electron chi connectivity index (χ1n) is 9.81. The molecule has 0 amide bonds. The van der Waals surface area contributed by atoms with Crippen molar-refractivity contribution in [2.75, 3.05) is 5.32 Å². The first kappa shape index (κ1) is 17.8. The Morgan fingerprint density at radius 3 is 2.76 bits per heavy atom. The fourth-order valence-corrected chi connectivity index (χ4v) is 4.45. The third-order valence-electron chi connectivity index (χ3n) is 5.83. The number of nitrogens with one attached hydrogen (secondary N) is 1. The fourth-order valence-electron chi connectivity index (χ4n) is 4.45. The Kier molecular flexibility index (Phi) is 3.62. The maximum atomic E-state index is 15.5. The van der Waals surface area contributed by atoms with Gasteiger partial charge in [-0.15, -0.1) is 10.2 Å². The van der Waals surface area contributed by atoms with Crippen LogP contribution in [0.4, 0.5) is 10.1 Å². The third-order valence-corrected chi connectivity index (χ3v) is 5.83. The molecule has 0 spiro atoms. The van der Waals surface area contributed by atoms with E-state index in [4.69, 9.17) is 0 Å². The SMILES string of the molecule is CCc1nnc2n1-c1c(cc(F)c(-c3cccc4c3cnn4C)c1C)NC2(C)C.